The first-order valence-electron chi connectivity index (χ1n) is 11.9. The van der Waals surface area contributed by atoms with Crippen molar-refractivity contribution >= 4 is 0 Å². The summed E-state index contributed by atoms with van der Waals surface area (Å²) in [6.45, 7) is 13.4. The van der Waals surface area contributed by atoms with Gasteiger partial charge in [0.2, 0.25) is 0 Å². The van der Waals surface area contributed by atoms with Gasteiger partial charge in [-0.1, -0.05) is 83.1 Å². The molecule has 3 aromatic carbocycles. The first-order valence-corrected chi connectivity index (χ1v) is 11.9. The minimum atomic E-state index is -0.785. The molecule has 0 spiro atoms. The predicted molar refractivity (Wildman–Crippen MR) is 136 cm³/mol. The van der Waals surface area contributed by atoms with E-state index in [0.29, 0.717) is 19.4 Å². The zero-order valence-corrected chi connectivity index (χ0v) is 20.9. The lowest BCUT2D eigenvalue weighted by Gasteiger charge is -2.28. The summed E-state index contributed by atoms with van der Waals surface area (Å²) in [5.41, 5.74) is 6.87. The van der Waals surface area contributed by atoms with Gasteiger partial charge in [0.05, 0.1) is 12.2 Å². The Morgan fingerprint density at radius 3 is 1.97 bits per heavy atom. The largest absolute Gasteiger partial charge is 0.489 e. The number of rotatable bonds is 8. The second-order valence-electron chi connectivity index (χ2n) is 9.99. The van der Waals surface area contributed by atoms with Crippen molar-refractivity contribution in [1.82, 2.24) is 0 Å². The van der Waals surface area contributed by atoms with Crippen LogP contribution in [0, 0.1) is 6.92 Å². The Morgan fingerprint density at radius 2 is 1.42 bits per heavy atom. The van der Waals surface area contributed by atoms with Crippen LogP contribution in [0.4, 0.5) is 0 Å². The molecule has 0 aliphatic carbocycles. The number of aryl methyl sites for hydroxylation is 1. The van der Waals surface area contributed by atoms with E-state index < -0.39 is 5.60 Å². The highest BCUT2D eigenvalue weighted by Gasteiger charge is 2.26. The molecule has 0 aliphatic rings. The first kappa shape index (κ1) is 25.0. The van der Waals surface area contributed by atoms with Gasteiger partial charge in [0.1, 0.15) is 12.4 Å². The summed E-state index contributed by atoms with van der Waals surface area (Å²) in [7, 11) is 0. The van der Waals surface area contributed by atoms with Crippen molar-refractivity contribution in [2.45, 2.75) is 78.6 Å². The van der Waals surface area contributed by atoms with Crippen molar-refractivity contribution in [3.63, 3.8) is 0 Å². The highest BCUT2D eigenvalue weighted by atomic mass is 16.5. The maximum Gasteiger partial charge on any atom is 0.120 e. The Bertz CT molecular complexity index is 1070. The topological polar surface area (TPSA) is 49.7 Å². The monoisotopic (exact) mass is 446 g/mol. The Morgan fingerprint density at radius 1 is 0.788 bits per heavy atom. The molecule has 0 fully saturated rings. The Balaban J connectivity index is 1.97. The average Bonchev–Trinajstić information content (AvgIpc) is 2.81. The van der Waals surface area contributed by atoms with Gasteiger partial charge in [-0.2, -0.15) is 0 Å². The SMILES string of the molecule is CCC(O)(CC)c1ccc(-c2cc(OCc3ccc(CO)cc3)ccc2C(C)(C)C)c(C)c1. The molecule has 0 saturated heterocycles. The smallest absolute Gasteiger partial charge is 0.120 e. The summed E-state index contributed by atoms with van der Waals surface area (Å²) < 4.78 is 6.15. The number of hydrogen-bond acceptors (Lipinski definition) is 3. The molecule has 0 aromatic heterocycles. The molecule has 0 aliphatic heterocycles. The van der Waals surface area contributed by atoms with Crippen LogP contribution < -0.4 is 4.74 Å². The summed E-state index contributed by atoms with van der Waals surface area (Å²) in [4.78, 5) is 0. The second-order valence-corrected chi connectivity index (χ2v) is 9.99. The molecule has 0 saturated carbocycles. The van der Waals surface area contributed by atoms with E-state index in [0.717, 1.165) is 39.1 Å². The lowest BCUT2D eigenvalue weighted by Crippen LogP contribution is -2.23. The first-order chi connectivity index (χ1) is 15.6. The van der Waals surface area contributed by atoms with Crippen molar-refractivity contribution in [3.8, 4) is 16.9 Å². The van der Waals surface area contributed by atoms with Crippen LogP contribution in [0.1, 0.15) is 75.3 Å². The van der Waals surface area contributed by atoms with Crippen molar-refractivity contribution in [2.75, 3.05) is 0 Å². The van der Waals surface area contributed by atoms with Crippen LogP contribution in [0.3, 0.4) is 0 Å². The van der Waals surface area contributed by atoms with Crippen LogP contribution in [-0.2, 0) is 24.2 Å². The predicted octanol–water partition coefficient (Wildman–Crippen LogP) is 7.04. The van der Waals surface area contributed by atoms with Crippen molar-refractivity contribution in [1.29, 1.82) is 0 Å². The number of aliphatic hydroxyl groups is 2. The van der Waals surface area contributed by atoms with E-state index in [4.69, 9.17) is 4.74 Å². The van der Waals surface area contributed by atoms with E-state index in [1.807, 2.05) is 44.2 Å². The summed E-state index contributed by atoms with van der Waals surface area (Å²) in [5, 5.41) is 20.2. The summed E-state index contributed by atoms with van der Waals surface area (Å²) >= 11 is 0. The maximum absolute atomic E-state index is 11.0. The highest BCUT2D eigenvalue weighted by molar-refractivity contribution is 5.73. The normalized spacial score (nSPS) is 12.1. The van der Waals surface area contributed by atoms with Gasteiger partial charge in [-0.3, -0.25) is 0 Å². The van der Waals surface area contributed by atoms with Gasteiger partial charge < -0.3 is 14.9 Å². The average molecular weight is 447 g/mol. The third-order valence-corrected chi connectivity index (χ3v) is 6.63. The standard InChI is InChI=1S/C30H38O3/c1-7-30(32,8-2)24-13-15-26(21(3)17-24)27-18-25(14-16-28(27)29(4,5)6)33-20-23-11-9-22(19-31)10-12-23/h9-18,31-32H,7-8,19-20H2,1-6H3. The molecule has 0 radical (unpaired) electrons. The highest BCUT2D eigenvalue weighted by Crippen LogP contribution is 2.39. The van der Waals surface area contributed by atoms with Crippen molar-refractivity contribution in [2.24, 2.45) is 0 Å². The van der Waals surface area contributed by atoms with Crippen molar-refractivity contribution in [3.05, 3.63) is 88.5 Å². The zero-order valence-electron chi connectivity index (χ0n) is 20.9. The molecular formula is C30H38O3. The molecule has 0 unspecified atom stereocenters. The number of aliphatic hydroxyl groups excluding tert-OH is 1. The van der Waals surface area contributed by atoms with Crippen LogP contribution in [0.25, 0.3) is 11.1 Å². The van der Waals surface area contributed by atoms with Gasteiger partial charge in [-0.25, -0.2) is 0 Å². The summed E-state index contributed by atoms with van der Waals surface area (Å²) in [5.74, 6) is 0.825. The van der Waals surface area contributed by atoms with Crippen molar-refractivity contribution < 1.29 is 14.9 Å². The second kappa shape index (κ2) is 10.1. The fraction of sp³-hybridized carbons (Fsp3) is 0.400. The van der Waals surface area contributed by atoms with E-state index in [9.17, 15) is 10.2 Å². The Hall–Kier alpha value is -2.62. The van der Waals surface area contributed by atoms with Crippen LogP contribution in [0.2, 0.25) is 0 Å². The van der Waals surface area contributed by atoms with Crippen LogP contribution in [0.15, 0.2) is 60.7 Å². The molecule has 0 atom stereocenters. The summed E-state index contributed by atoms with van der Waals surface area (Å²) in [6.07, 6.45) is 1.39. The Kier molecular flexibility index (Phi) is 7.66. The van der Waals surface area contributed by atoms with E-state index in [2.05, 4.69) is 58.0 Å². The van der Waals surface area contributed by atoms with Gasteiger partial charge >= 0.3 is 0 Å². The molecule has 3 aromatic rings. The quantitative estimate of drug-likeness (QED) is 0.390. The fourth-order valence-corrected chi connectivity index (χ4v) is 4.31. The van der Waals surface area contributed by atoms with Crippen LogP contribution in [-0.4, -0.2) is 10.2 Å². The number of ether oxygens (including phenoxy) is 1. The lowest BCUT2D eigenvalue weighted by atomic mass is 9.80. The maximum atomic E-state index is 11.0. The molecule has 2 N–H and O–H groups in total. The molecule has 0 heterocycles. The summed E-state index contributed by atoms with van der Waals surface area (Å²) in [6, 6.07) is 20.5. The minimum absolute atomic E-state index is 0.0212. The van der Waals surface area contributed by atoms with E-state index >= 15 is 0 Å². The van der Waals surface area contributed by atoms with E-state index in [-0.39, 0.29) is 12.0 Å². The van der Waals surface area contributed by atoms with E-state index in [1.165, 1.54) is 5.56 Å². The van der Waals surface area contributed by atoms with Gasteiger partial charge in [0, 0.05) is 0 Å². The van der Waals surface area contributed by atoms with Gasteiger partial charge in [-0.15, -0.1) is 0 Å². The van der Waals surface area contributed by atoms with E-state index in [1.54, 1.807) is 0 Å². The third-order valence-electron chi connectivity index (χ3n) is 6.63. The van der Waals surface area contributed by atoms with Gasteiger partial charge in [0.25, 0.3) is 0 Å². The van der Waals surface area contributed by atoms with Gasteiger partial charge in [0.15, 0.2) is 0 Å². The molecule has 3 rings (SSSR count). The molecule has 3 heteroatoms. The molecule has 33 heavy (non-hydrogen) atoms. The van der Waals surface area contributed by atoms with Gasteiger partial charge in [-0.05, 0) is 76.3 Å². The molecule has 176 valence electrons. The molecule has 0 bridgehead atoms. The molecule has 0 amide bonds. The number of benzene rings is 3. The van der Waals surface area contributed by atoms with Crippen LogP contribution >= 0.6 is 0 Å². The minimum Gasteiger partial charge on any atom is -0.489 e. The number of hydrogen-bond donors (Lipinski definition) is 2. The zero-order chi connectivity index (χ0) is 24.2. The lowest BCUT2D eigenvalue weighted by molar-refractivity contribution is 0.0283. The fourth-order valence-electron chi connectivity index (χ4n) is 4.31. The molecular weight excluding hydrogens is 408 g/mol. The third kappa shape index (κ3) is 5.66. The van der Waals surface area contributed by atoms with Crippen LogP contribution in [0.5, 0.6) is 5.75 Å². The Labute approximate surface area is 199 Å². The molecule has 3 nitrogen and oxygen atoms in total.